The van der Waals surface area contributed by atoms with Crippen LogP contribution in [0.3, 0.4) is 0 Å². The second-order valence-electron chi connectivity index (χ2n) is 6.30. The summed E-state index contributed by atoms with van der Waals surface area (Å²) in [5.41, 5.74) is 1.19. The second-order valence-corrected chi connectivity index (χ2v) is 6.30. The van der Waals surface area contributed by atoms with Crippen LogP contribution in [0, 0.1) is 17.7 Å². The molecule has 0 aliphatic carbocycles. The lowest BCUT2D eigenvalue weighted by Gasteiger charge is -2.34. The van der Waals surface area contributed by atoms with Crippen LogP contribution < -0.4 is 5.32 Å². The Balaban J connectivity index is 1.95. The van der Waals surface area contributed by atoms with Gasteiger partial charge in [0.2, 0.25) is 0 Å². The van der Waals surface area contributed by atoms with E-state index < -0.39 is 11.9 Å². The van der Waals surface area contributed by atoms with Crippen molar-refractivity contribution < 1.29 is 23.8 Å². The highest BCUT2D eigenvalue weighted by Crippen LogP contribution is 2.22. The summed E-state index contributed by atoms with van der Waals surface area (Å²) in [6, 6.07) is 4.30. The molecule has 2 rings (SSSR count). The summed E-state index contributed by atoms with van der Waals surface area (Å²) in [6.07, 6.45) is 0.581. The van der Waals surface area contributed by atoms with Crippen molar-refractivity contribution in [3.05, 3.63) is 35.1 Å². The quantitative estimate of drug-likeness (QED) is 0.863. The number of nitrogens with one attached hydrogen (secondary N) is 1. The van der Waals surface area contributed by atoms with Crippen molar-refractivity contribution in [3.8, 4) is 0 Å². The van der Waals surface area contributed by atoms with Crippen molar-refractivity contribution in [2.75, 3.05) is 20.2 Å². The Bertz CT molecular complexity index is 608. The second kappa shape index (κ2) is 8.10. The molecule has 1 heterocycles. The summed E-state index contributed by atoms with van der Waals surface area (Å²) in [5.74, 6) is -1.61. The number of likely N-dealkylation sites (tertiary alicyclic amines) is 1. The van der Waals surface area contributed by atoms with Crippen LogP contribution in [-0.2, 0) is 22.7 Å². The fourth-order valence-electron chi connectivity index (χ4n) is 2.99. The molecule has 1 aromatic rings. The molecule has 1 fully saturated rings. The van der Waals surface area contributed by atoms with Crippen LogP contribution in [0.25, 0.3) is 0 Å². The van der Waals surface area contributed by atoms with Crippen molar-refractivity contribution >= 4 is 12.0 Å². The minimum absolute atomic E-state index is 0.143. The number of hydrogen-bond donors (Lipinski definition) is 2. The Labute approximate surface area is 140 Å². The topological polar surface area (TPSA) is 78.9 Å². The van der Waals surface area contributed by atoms with Gasteiger partial charge in [-0.1, -0.05) is 13.0 Å². The van der Waals surface area contributed by atoms with Crippen LogP contribution in [0.4, 0.5) is 9.18 Å². The molecule has 0 spiro atoms. The van der Waals surface area contributed by atoms with Gasteiger partial charge in [0.1, 0.15) is 5.82 Å². The number of urea groups is 1. The molecule has 0 bridgehead atoms. The van der Waals surface area contributed by atoms with E-state index in [1.54, 1.807) is 12.1 Å². The maximum atomic E-state index is 13.6. The molecule has 2 unspecified atom stereocenters. The maximum Gasteiger partial charge on any atom is 0.317 e. The van der Waals surface area contributed by atoms with Gasteiger partial charge in [-0.3, -0.25) is 4.79 Å². The highest BCUT2D eigenvalue weighted by atomic mass is 19.1. The number of piperidine rings is 1. The fraction of sp³-hybridized carbons (Fsp3) is 0.529. The van der Waals surface area contributed by atoms with Gasteiger partial charge in [-0.2, -0.15) is 0 Å². The Morgan fingerprint density at radius 1 is 1.42 bits per heavy atom. The Kier molecular flexibility index (Phi) is 6.14. The first-order chi connectivity index (χ1) is 11.4. The number of benzene rings is 1. The third-order valence-electron chi connectivity index (χ3n) is 4.15. The van der Waals surface area contributed by atoms with Gasteiger partial charge in [0.15, 0.2) is 0 Å². The van der Waals surface area contributed by atoms with E-state index in [1.807, 2.05) is 6.92 Å². The van der Waals surface area contributed by atoms with Crippen molar-refractivity contribution in [2.45, 2.75) is 26.5 Å². The molecule has 2 N–H and O–H groups in total. The van der Waals surface area contributed by atoms with Crippen molar-refractivity contribution in [3.63, 3.8) is 0 Å². The Hall–Kier alpha value is -2.15. The van der Waals surface area contributed by atoms with Crippen LogP contribution in [0.1, 0.15) is 24.5 Å². The molecule has 24 heavy (non-hydrogen) atoms. The first-order valence-corrected chi connectivity index (χ1v) is 7.92. The number of halogens is 1. The van der Waals surface area contributed by atoms with Crippen molar-refractivity contribution in [1.82, 2.24) is 10.2 Å². The minimum atomic E-state index is -0.873. The third kappa shape index (κ3) is 4.67. The average Bonchev–Trinajstić information content (AvgIpc) is 2.54. The molecule has 0 aromatic heterocycles. The fourth-order valence-corrected chi connectivity index (χ4v) is 2.99. The van der Waals surface area contributed by atoms with Gasteiger partial charge >= 0.3 is 12.0 Å². The number of carbonyl (C=O) groups is 2. The number of carbonyl (C=O) groups excluding carboxylic acids is 1. The van der Waals surface area contributed by atoms with Crippen LogP contribution in [-0.4, -0.2) is 42.2 Å². The first kappa shape index (κ1) is 18.2. The zero-order valence-corrected chi connectivity index (χ0v) is 13.9. The Morgan fingerprint density at radius 2 is 2.17 bits per heavy atom. The molecular formula is C17H23FN2O4. The number of carboxylic acid groups (broad SMARTS) is 1. The highest BCUT2D eigenvalue weighted by Gasteiger charge is 2.31. The molecule has 1 aromatic carbocycles. The van der Waals surface area contributed by atoms with E-state index in [1.165, 1.54) is 18.1 Å². The molecule has 1 aliphatic heterocycles. The highest BCUT2D eigenvalue weighted by molar-refractivity contribution is 5.76. The summed E-state index contributed by atoms with van der Waals surface area (Å²) >= 11 is 0. The third-order valence-corrected chi connectivity index (χ3v) is 4.15. The predicted molar refractivity (Wildman–Crippen MR) is 85.8 cm³/mol. The summed E-state index contributed by atoms with van der Waals surface area (Å²) in [7, 11) is 1.49. The lowest BCUT2D eigenvalue weighted by molar-refractivity contribution is -0.143. The van der Waals surface area contributed by atoms with E-state index in [0.29, 0.717) is 18.5 Å². The summed E-state index contributed by atoms with van der Waals surface area (Å²) < 4.78 is 18.5. The number of aliphatic carboxylic acids is 1. The SMILES string of the molecule is COCc1cc(CNC(=O)N2CC(C)CC(C(=O)O)C2)ccc1F. The average molecular weight is 338 g/mol. The summed E-state index contributed by atoms with van der Waals surface area (Å²) in [6.45, 7) is 3.10. The molecule has 2 amide bonds. The molecule has 6 nitrogen and oxygen atoms in total. The van der Waals surface area contributed by atoms with Crippen molar-refractivity contribution in [2.24, 2.45) is 11.8 Å². The van der Waals surface area contributed by atoms with Gasteiger partial charge in [-0.05, 0) is 30.0 Å². The summed E-state index contributed by atoms with van der Waals surface area (Å²) in [5, 5.41) is 11.9. The number of amides is 2. The van der Waals surface area contributed by atoms with Crippen molar-refractivity contribution in [1.29, 1.82) is 0 Å². The van der Waals surface area contributed by atoms with Gasteiger partial charge < -0.3 is 20.1 Å². The zero-order chi connectivity index (χ0) is 17.7. The molecule has 1 aliphatic rings. The molecule has 2 atom stereocenters. The van der Waals surface area contributed by atoms with E-state index in [2.05, 4.69) is 5.32 Å². The van der Waals surface area contributed by atoms with Gasteiger partial charge in [0.05, 0.1) is 12.5 Å². The van der Waals surface area contributed by atoms with Gasteiger partial charge in [-0.15, -0.1) is 0 Å². The van der Waals surface area contributed by atoms with E-state index in [-0.39, 0.29) is 37.5 Å². The van der Waals surface area contributed by atoms with Crippen LogP contribution in [0.15, 0.2) is 18.2 Å². The summed E-state index contributed by atoms with van der Waals surface area (Å²) in [4.78, 5) is 25.0. The first-order valence-electron chi connectivity index (χ1n) is 7.92. The Morgan fingerprint density at radius 3 is 2.83 bits per heavy atom. The smallest absolute Gasteiger partial charge is 0.317 e. The zero-order valence-electron chi connectivity index (χ0n) is 13.9. The van der Waals surface area contributed by atoms with Gasteiger partial charge in [-0.25, -0.2) is 9.18 Å². The van der Waals surface area contributed by atoms with Crippen LogP contribution in [0.2, 0.25) is 0 Å². The lowest BCUT2D eigenvalue weighted by Crippen LogP contribution is -2.49. The predicted octanol–water partition coefficient (Wildman–Crippen LogP) is 2.22. The molecule has 7 heteroatoms. The normalized spacial score (nSPS) is 20.7. The standard InChI is InChI=1S/C17H23FN2O4/c1-11-5-13(16(21)22)9-20(8-11)17(23)19-7-12-3-4-15(18)14(6-12)10-24-2/h3-4,6,11,13H,5,7-10H2,1-2H3,(H,19,23)(H,21,22). The van der Waals surface area contributed by atoms with Crippen LogP contribution >= 0.6 is 0 Å². The van der Waals surface area contributed by atoms with Crippen LogP contribution in [0.5, 0.6) is 0 Å². The number of rotatable bonds is 5. The molecular weight excluding hydrogens is 315 g/mol. The minimum Gasteiger partial charge on any atom is -0.481 e. The monoisotopic (exact) mass is 338 g/mol. The molecule has 0 radical (unpaired) electrons. The molecule has 0 saturated carbocycles. The maximum absolute atomic E-state index is 13.6. The molecule has 1 saturated heterocycles. The number of hydrogen-bond acceptors (Lipinski definition) is 3. The number of ether oxygens (including phenoxy) is 1. The number of methoxy groups -OCH3 is 1. The van der Waals surface area contributed by atoms with E-state index >= 15 is 0 Å². The van der Waals surface area contributed by atoms with E-state index in [0.717, 1.165) is 5.56 Å². The number of carboxylic acids is 1. The molecule has 132 valence electrons. The van der Waals surface area contributed by atoms with E-state index in [4.69, 9.17) is 9.84 Å². The number of nitrogens with zero attached hydrogens (tertiary/aromatic N) is 1. The van der Waals surface area contributed by atoms with E-state index in [9.17, 15) is 14.0 Å². The largest absolute Gasteiger partial charge is 0.481 e. The lowest BCUT2D eigenvalue weighted by atomic mass is 9.91. The van der Waals surface area contributed by atoms with Gasteiger partial charge in [0.25, 0.3) is 0 Å². The van der Waals surface area contributed by atoms with Gasteiger partial charge in [0, 0.05) is 32.3 Å².